The molecule has 3 nitrogen and oxygen atoms in total. The summed E-state index contributed by atoms with van der Waals surface area (Å²) in [4.78, 5) is 4.49. The smallest absolute Gasteiger partial charge is 0.195 e. The van der Waals surface area contributed by atoms with Gasteiger partial charge in [-0.05, 0) is 30.5 Å². The lowest BCUT2D eigenvalue weighted by atomic mass is 10.0. The molecule has 1 saturated carbocycles. The molecule has 90 valence electrons. The van der Waals surface area contributed by atoms with Gasteiger partial charge in [0.25, 0.3) is 0 Å². The lowest BCUT2D eigenvalue weighted by Crippen LogP contribution is -1.96. The summed E-state index contributed by atoms with van der Waals surface area (Å²) in [5.74, 6) is 1.74. The Hall–Kier alpha value is -1.51. The van der Waals surface area contributed by atoms with Gasteiger partial charge in [0.05, 0.1) is 0 Å². The van der Waals surface area contributed by atoms with Crippen LogP contribution in [0, 0.1) is 5.92 Å². The minimum atomic E-state index is 0.744. The predicted octanol–water partition coefficient (Wildman–Crippen LogP) is 3.53. The molecule has 3 heteroatoms. The zero-order valence-electron chi connectivity index (χ0n) is 9.98. The molecule has 0 aliphatic heterocycles. The molecule has 1 aliphatic rings. The van der Waals surface area contributed by atoms with Crippen LogP contribution in [0.3, 0.4) is 0 Å². The maximum Gasteiger partial charge on any atom is 0.195 e. The number of anilines is 1. The predicted molar refractivity (Wildman–Crippen MR) is 68.7 cm³/mol. The van der Waals surface area contributed by atoms with E-state index in [0.29, 0.717) is 0 Å². The summed E-state index contributed by atoms with van der Waals surface area (Å²) in [5.41, 5.74) is 8.20. The van der Waals surface area contributed by atoms with E-state index < -0.39 is 0 Å². The SMILES string of the molecule is Nc1ccc2oc(CCC3CCCC3)nc2c1. The molecule has 1 aromatic carbocycles. The third-order valence-electron chi connectivity index (χ3n) is 3.70. The number of nitrogens with two attached hydrogens (primary N) is 1. The van der Waals surface area contributed by atoms with E-state index in [1.54, 1.807) is 0 Å². The lowest BCUT2D eigenvalue weighted by molar-refractivity contribution is 0.451. The van der Waals surface area contributed by atoms with Crippen molar-refractivity contribution in [3.63, 3.8) is 0 Å². The molecule has 0 atom stereocenters. The average molecular weight is 230 g/mol. The number of benzene rings is 1. The summed E-state index contributed by atoms with van der Waals surface area (Å²) in [6.07, 6.45) is 7.73. The van der Waals surface area contributed by atoms with Gasteiger partial charge < -0.3 is 10.2 Å². The van der Waals surface area contributed by atoms with Gasteiger partial charge in [0.1, 0.15) is 5.52 Å². The van der Waals surface area contributed by atoms with Crippen molar-refractivity contribution in [2.24, 2.45) is 5.92 Å². The van der Waals surface area contributed by atoms with Crippen LogP contribution in [-0.4, -0.2) is 4.98 Å². The van der Waals surface area contributed by atoms with Crippen LogP contribution in [-0.2, 0) is 6.42 Å². The Bertz CT molecular complexity index is 512. The topological polar surface area (TPSA) is 52.0 Å². The second-order valence-corrected chi connectivity index (χ2v) is 5.02. The first-order valence-electron chi connectivity index (χ1n) is 6.46. The second-order valence-electron chi connectivity index (χ2n) is 5.02. The minimum absolute atomic E-state index is 0.744. The van der Waals surface area contributed by atoms with Crippen LogP contribution in [0.5, 0.6) is 0 Å². The fraction of sp³-hybridized carbons (Fsp3) is 0.500. The molecule has 0 bridgehead atoms. The molecule has 3 rings (SSSR count). The Morgan fingerprint density at radius 3 is 2.94 bits per heavy atom. The third-order valence-corrected chi connectivity index (χ3v) is 3.70. The highest BCUT2D eigenvalue weighted by molar-refractivity contribution is 5.76. The summed E-state index contributed by atoms with van der Waals surface area (Å²) in [6.45, 7) is 0. The highest BCUT2D eigenvalue weighted by Gasteiger charge is 2.16. The number of oxazole rings is 1. The molecule has 0 radical (unpaired) electrons. The number of aryl methyl sites for hydroxylation is 1. The first-order chi connectivity index (χ1) is 8.31. The molecular weight excluding hydrogens is 212 g/mol. The Kier molecular flexibility index (Phi) is 2.75. The van der Waals surface area contributed by atoms with E-state index in [1.807, 2.05) is 18.2 Å². The molecule has 1 heterocycles. The number of fused-ring (bicyclic) bond motifs is 1. The third kappa shape index (κ3) is 2.28. The highest BCUT2D eigenvalue weighted by Crippen LogP contribution is 2.29. The Morgan fingerprint density at radius 2 is 2.12 bits per heavy atom. The maximum atomic E-state index is 5.72. The number of hydrogen-bond acceptors (Lipinski definition) is 3. The fourth-order valence-electron chi connectivity index (χ4n) is 2.73. The van der Waals surface area contributed by atoms with Crippen LogP contribution < -0.4 is 5.73 Å². The molecule has 0 saturated heterocycles. The summed E-state index contributed by atoms with van der Waals surface area (Å²) in [7, 11) is 0. The van der Waals surface area contributed by atoms with Crippen molar-refractivity contribution in [2.45, 2.75) is 38.5 Å². The van der Waals surface area contributed by atoms with Crippen LogP contribution >= 0.6 is 0 Å². The van der Waals surface area contributed by atoms with E-state index in [1.165, 1.54) is 32.1 Å². The summed E-state index contributed by atoms with van der Waals surface area (Å²) >= 11 is 0. The molecule has 0 amide bonds. The van der Waals surface area contributed by atoms with Gasteiger partial charge in [0.15, 0.2) is 11.5 Å². The van der Waals surface area contributed by atoms with Crippen LogP contribution in [0.4, 0.5) is 5.69 Å². The van der Waals surface area contributed by atoms with Crippen LogP contribution in [0.25, 0.3) is 11.1 Å². The van der Waals surface area contributed by atoms with Gasteiger partial charge in [0.2, 0.25) is 0 Å². The average Bonchev–Trinajstić information content (AvgIpc) is 2.94. The molecule has 1 fully saturated rings. The van der Waals surface area contributed by atoms with E-state index in [2.05, 4.69) is 4.98 Å². The second kappa shape index (κ2) is 4.40. The van der Waals surface area contributed by atoms with E-state index in [4.69, 9.17) is 10.2 Å². The monoisotopic (exact) mass is 230 g/mol. The first kappa shape index (κ1) is 10.6. The number of rotatable bonds is 3. The Morgan fingerprint density at radius 1 is 1.29 bits per heavy atom. The first-order valence-corrected chi connectivity index (χ1v) is 6.46. The quantitative estimate of drug-likeness (QED) is 0.820. The van der Waals surface area contributed by atoms with E-state index in [-0.39, 0.29) is 0 Å². The van der Waals surface area contributed by atoms with Gasteiger partial charge in [-0.15, -0.1) is 0 Å². The van der Waals surface area contributed by atoms with Crippen molar-refractivity contribution < 1.29 is 4.42 Å². The van der Waals surface area contributed by atoms with Crippen molar-refractivity contribution in [3.8, 4) is 0 Å². The summed E-state index contributed by atoms with van der Waals surface area (Å²) in [6, 6.07) is 5.63. The van der Waals surface area contributed by atoms with E-state index in [9.17, 15) is 0 Å². The van der Waals surface area contributed by atoms with Gasteiger partial charge in [0, 0.05) is 12.1 Å². The van der Waals surface area contributed by atoms with Gasteiger partial charge in [-0.3, -0.25) is 0 Å². The summed E-state index contributed by atoms with van der Waals surface area (Å²) in [5, 5.41) is 0. The molecule has 17 heavy (non-hydrogen) atoms. The minimum Gasteiger partial charge on any atom is -0.441 e. The number of hydrogen-bond donors (Lipinski definition) is 1. The van der Waals surface area contributed by atoms with Gasteiger partial charge in [-0.2, -0.15) is 0 Å². The summed E-state index contributed by atoms with van der Waals surface area (Å²) < 4.78 is 5.72. The molecule has 0 unspecified atom stereocenters. The normalized spacial score (nSPS) is 16.9. The Labute approximate surface area is 101 Å². The molecule has 0 spiro atoms. The Balaban J connectivity index is 1.72. The van der Waals surface area contributed by atoms with Gasteiger partial charge >= 0.3 is 0 Å². The number of aromatic nitrogens is 1. The van der Waals surface area contributed by atoms with Crippen molar-refractivity contribution in [1.82, 2.24) is 4.98 Å². The van der Waals surface area contributed by atoms with Crippen LogP contribution in [0.15, 0.2) is 22.6 Å². The zero-order chi connectivity index (χ0) is 11.7. The largest absolute Gasteiger partial charge is 0.441 e. The zero-order valence-corrected chi connectivity index (χ0v) is 9.98. The van der Waals surface area contributed by atoms with Crippen molar-refractivity contribution >= 4 is 16.8 Å². The highest BCUT2D eigenvalue weighted by atomic mass is 16.3. The van der Waals surface area contributed by atoms with Crippen LogP contribution in [0.1, 0.15) is 38.0 Å². The molecule has 2 N–H and O–H groups in total. The standard InChI is InChI=1S/C14H18N2O/c15-11-6-7-13-12(9-11)16-14(17-13)8-5-10-3-1-2-4-10/h6-7,9-10H,1-5,8,15H2. The van der Waals surface area contributed by atoms with E-state index in [0.717, 1.165) is 35.0 Å². The van der Waals surface area contributed by atoms with Crippen molar-refractivity contribution in [3.05, 3.63) is 24.1 Å². The van der Waals surface area contributed by atoms with Gasteiger partial charge in [-0.1, -0.05) is 25.7 Å². The number of nitrogens with zero attached hydrogens (tertiary/aromatic N) is 1. The van der Waals surface area contributed by atoms with Crippen LogP contribution in [0.2, 0.25) is 0 Å². The fourth-order valence-corrected chi connectivity index (χ4v) is 2.73. The molecule has 2 aromatic rings. The van der Waals surface area contributed by atoms with E-state index >= 15 is 0 Å². The lowest BCUT2D eigenvalue weighted by Gasteiger charge is -2.05. The van der Waals surface area contributed by atoms with Gasteiger partial charge in [-0.25, -0.2) is 4.98 Å². The molecular formula is C14H18N2O. The molecule has 1 aromatic heterocycles. The van der Waals surface area contributed by atoms with Crippen molar-refractivity contribution in [1.29, 1.82) is 0 Å². The maximum absolute atomic E-state index is 5.72. The molecule has 1 aliphatic carbocycles. The van der Waals surface area contributed by atoms with Crippen molar-refractivity contribution in [2.75, 3.05) is 5.73 Å². The number of nitrogen functional groups attached to an aromatic ring is 1.